The second kappa shape index (κ2) is 5.17. The predicted molar refractivity (Wildman–Crippen MR) is 96.4 cm³/mol. The maximum atomic E-state index is 12.8. The van der Waals surface area contributed by atoms with Crippen molar-refractivity contribution in [1.29, 1.82) is 0 Å². The molecule has 8 atom stereocenters. The molecule has 0 aromatic heterocycles. The summed E-state index contributed by atoms with van der Waals surface area (Å²) in [6.07, 6.45) is -1.41. The van der Waals surface area contributed by atoms with Crippen LogP contribution in [0.25, 0.3) is 0 Å². The summed E-state index contributed by atoms with van der Waals surface area (Å²) in [5.74, 6) is -3.50. The topological polar surface area (TPSA) is 55.8 Å². The van der Waals surface area contributed by atoms with Gasteiger partial charge in [0.15, 0.2) is 4.33 Å². The number of nitrogens with zero attached hydrogens (tertiary/aromatic N) is 1. The number of allylic oxidation sites excluding steroid dienone is 2. The molecule has 3 saturated heterocycles. The minimum Gasteiger partial charge on any atom is -0.373 e. The smallest absolute Gasteiger partial charge is 0.260 e. The zero-order valence-corrected chi connectivity index (χ0v) is 17.6. The first kappa shape index (κ1) is 18.6. The first-order valence-corrected chi connectivity index (χ1v) is 10.3. The molecule has 2 aliphatic carbocycles. The van der Waals surface area contributed by atoms with Gasteiger partial charge in [0.2, 0.25) is 0 Å². The Labute approximate surface area is 178 Å². The molecule has 0 spiro atoms. The highest BCUT2D eigenvalue weighted by Crippen LogP contribution is 2.81. The first-order valence-electron chi connectivity index (χ1n) is 8.04. The van der Waals surface area contributed by atoms with Crippen LogP contribution in [0.3, 0.4) is 0 Å². The zero-order valence-electron chi connectivity index (χ0n) is 13.0. The molecule has 3 heterocycles. The lowest BCUT2D eigenvalue weighted by Gasteiger charge is -2.39. The molecule has 4 bridgehead atoms. The quantitative estimate of drug-likeness (QED) is 0.448. The van der Waals surface area contributed by atoms with E-state index in [1.165, 1.54) is 0 Å². The van der Waals surface area contributed by atoms with Crippen molar-refractivity contribution < 1.29 is 19.2 Å². The van der Waals surface area contributed by atoms with Gasteiger partial charge in [-0.05, 0) is 6.92 Å². The standard InChI is InChI=1S/C15H11Cl6NO4/c1-2-25-22-11(23)3-4(12(22)24)8-6-5(7(3)26-8)13(18)9(16)10(17)14(6,19)15(13,20)21/h3-8H,2H2,1H3/t3-,4+,5+,6?,7+,8-,13+,14-/m0/s1. The maximum absolute atomic E-state index is 12.8. The second-order valence-electron chi connectivity index (χ2n) is 7.18. The van der Waals surface area contributed by atoms with E-state index < -0.39 is 61.8 Å². The van der Waals surface area contributed by atoms with Crippen LogP contribution < -0.4 is 0 Å². The van der Waals surface area contributed by atoms with E-state index in [9.17, 15) is 9.59 Å². The summed E-state index contributed by atoms with van der Waals surface area (Å²) in [5.41, 5.74) is 0. The van der Waals surface area contributed by atoms with Crippen LogP contribution in [0, 0.1) is 23.7 Å². The number of alkyl halides is 4. The van der Waals surface area contributed by atoms with Gasteiger partial charge in [-0.3, -0.25) is 14.4 Å². The molecule has 4 fully saturated rings. The molecule has 0 aromatic rings. The molecule has 3 aliphatic heterocycles. The minimum absolute atomic E-state index is 0.0632. The van der Waals surface area contributed by atoms with Crippen LogP contribution in [-0.4, -0.2) is 49.8 Å². The Morgan fingerprint density at radius 3 is 1.77 bits per heavy atom. The molecule has 26 heavy (non-hydrogen) atoms. The van der Waals surface area contributed by atoms with Crippen LogP contribution in [-0.2, 0) is 19.2 Å². The molecule has 1 unspecified atom stereocenters. The van der Waals surface area contributed by atoms with Crippen molar-refractivity contribution in [2.75, 3.05) is 6.61 Å². The van der Waals surface area contributed by atoms with E-state index in [1.54, 1.807) is 6.92 Å². The highest BCUT2D eigenvalue weighted by Gasteiger charge is 2.90. The zero-order chi connectivity index (χ0) is 19.0. The number of hydrogen-bond acceptors (Lipinski definition) is 4. The molecule has 5 rings (SSSR count). The van der Waals surface area contributed by atoms with E-state index >= 15 is 0 Å². The number of imide groups is 1. The van der Waals surface area contributed by atoms with Gasteiger partial charge >= 0.3 is 0 Å². The molecule has 1 saturated carbocycles. The number of hydroxylamine groups is 2. The van der Waals surface area contributed by atoms with Gasteiger partial charge in [-0.25, -0.2) is 0 Å². The molecule has 0 N–H and O–H groups in total. The van der Waals surface area contributed by atoms with Crippen molar-refractivity contribution in [1.82, 2.24) is 5.06 Å². The van der Waals surface area contributed by atoms with E-state index in [-0.39, 0.29) is 16.7 Å². The van der Waals surface area contributed by atoms with Gasteiger partial charge in [-0.15, -0.1) is 23.2 Å². The van der Waals surface area contributed by atoms with Gasteiger partial charge in [0.25, 0.3) is 11.8 Å². The monoisotopic (exact) mass is 479 g/mol. The number of carbonyl (C=O) groups excluding carboxylic acids is 2. The van der Waals surface area contributed by atoms with Gasteiger partial charge in [0.1, 0.15) is 9.75 Å². The third-order valence-electron chi connectivity index (χ3n) is 6.40. The lowest BCUT2D eigenvalue weighted by atomic mass is 9.65. The summed E-state index contributed by atoms with van der Waals surface area (Å²) < 4.78 is 4.31. The molecule has 0 aromatic carbocycles. The summed E-state index contributed by atoms with van der Waals surface area (Å²) in [6, 6.07) is 0. The number of rotatable bonds is 2. The summed E-state index contributed by atoms with van der Waals surface area (Å²) in [6.45, 7) is 1.87. The number of halogens is 6. The molecular formula is C15H11Cl6NO4. The molecule has 11 heteroatoms. The lowest BCUT2D eigenvalue weighted by Crippen LogP contribution is -2.50. The number of amides is 2. The van der Waals surface area contributed by atoms with Crippen molar-refractivity contribution in [3.05, 3.63) is 10.1 Å². The third kappa shape index (κ3) is 1.55. The van der Waals surface area contributed by atoms with E-state index in [1.807, 2.05) is 0 Å². The fourth-order valence-corrected chi connectivity index (χ4v) is 8.59. The van der Waals surface area contributed by atoms with Crippen molar-refractivity contribution in [2.45, 2.75) is 33.2 Å². The average molecular weight is 482 g/mol. The molecule has 5 nitrogen and oxygen atoms in total. The van der Waals surface area contributed by atoms with Crippen LogP contribution in [0.4, 0.5) is 0 Å². The molecule has 142 valence electrons. The number of ether oxygens (including phenoxy) is 1. The normalized spacial score (nSPS) is 53.1. The van der Waals surface area contributed by atoms with Crippen molar-refractivity contribution in [2.24, 2.45) is 23.7 Å². The fourth-order valence-electron chi connectivity index (χ4n) is 5.53. The first-order chi connectivity index (χ1) is 12.1. The largest absolute Gasteiger partial charge is 0.373 e. The Hall–Kier alpha value is 0.540. The molecular weight excluding hydrogens is 471 g/mol. The summed E-state index contributed by atoms with van der Waals surface area (Å²) >= 11 is 39.7. The van der Waals surface area contributed by atoms with Gasteiger partial charge in [0.05, 0.1) is 40.7 Å². The highest BCUT2D eigenvalue weighted by molar-refractivity contribution is 6.65. The van der Waals surface area contributed by atoms with Crippen molar-refractivity contribution in [3.63, 3.8) is 0 Å². The summed E-state index contributed by atoms with van der Waals surface area (Å²) in [4.78, 5) is 27.7. The molecule has 0 radical (unpaired) electrons. The number of fused-ring (bicyclic) bond motifs is 12. The van der Waals surface area contributed by atoms with E-state index in [4.69, 9.17) is 79.2 Å². The summed E-state index contributed by atoms with van der Waals surface area (Å²) in [7, 11) is 0. The van der Waals surface area contributed by atoms with Crippen LogP contribution in [0.1, 0.15) is 6.92 Å². The average Bonchev–Trinajstić information content (AvgIpc) is 3.28. The van der Waals surface area contributed by atoms with Gasteiger partial charge in [-0.2, -0.15) is 5.06 Å². The Bertz CT molecular complexity index is 745. The van der Waals surface area contributed by atoms with Gasteiger partial charge in [-0.1, -0.05) is 46.4 Å². The number of hydrogen-bond donors (Lipinski definition) is 0. The van der Waals surface area contributed by atoms with E-state index in [2.05, 4.69) is 0 Å². The maximum Gasteiger partial charge on any atom is 0.260 e. The Morgan fingerprint density at radius 2 is 1.38 bits per heavy atom. The van der Waals surface area contributed by atoms with Crippen LogP contribution in [0.15, 0.2) is 10.1 Å². The summed E-state index contributed by atoms with van der Waals surface area (Å²) in [5, 5.41) is 0.940. The van der Waals surface area contributed by atoms with Crippen LogP contribution in [0.2, 0.25) is 0 Å². The van der Waals surface area contributed by atoms with Crippen molar-refractivity contribution >= 4 is 81.4 Å². The minimum atomic E-state index is -1.71. The Morgan fingerprint density at radius 1 is 0.962 bits per heavy atom. The van der Waals surface area contributed by atoms with E-state index in [0.717, 1.165) is 5.06 Å². The Balaban J connectivity index is 1.66. The predicted octanol–water partition coefficient (Wildman–Crippen LogP) is 3.40. The highest BCUT2D eigenvalue weighted by atomic mass is 35.5. The fraction of sp³-hybridized carbons (Fsp3) is 0.733. The van der Waals surface area contributed by atoms with Gasteiger partial charge in [0, 0.05) is 11.8 Å². The van der Waals surface area contributed by atoms with Crippen LogP contribution in [0.5, 0.6) is 0 Å². The lowest BCUT2D eigenvalue weighted by molar-refractivity contribution is -0.191. The van der Waals surface area contributed by atoms with Gasteiger partial charge < -0.3 is 4.74 Å². The third-order valence-corrected chi connectivity index (χ3v) is 10.7. The Kier molecular flexibility index (Phi) is 3.69. The van der Waals surface area contributed by atoms with Crippen LogP contribution >= 0.6 is 69.6 Å². The molecule has 5 aliphatic rings. The molecule has 2 amide bonds. The van der Waals surface area contributed by atoms with Crippen molar-refractivity contribution in [3.8, 4) is 0 Å². The number of carbonyl (C=O) groups is 2. The SMILES string of the molecule is CCON1C(=O)[C@@H]2[C@H]3O[C@H](C4[C@H]3[C@@]3(Cl)C(Cl)=C(Cl)[C@]4(Cl)C3(Cl)Cl)[C@@H]2C1=O. The van der Waals surface area contributed by atoms with E-state index in [0.29, 0.717) is 0 Å². The second-order valence-corrected chi connectivity index (χ2v) is 10.5.